The molecule has 18 heavy (non-hydrogen) atoms. The number of piperidine rings is 1. The third-order valence-corrected chi connectivity index (χ3v) is 5.00. The molecule has 1 aliphatic heterocycles. The maximum atomic E-state index is 10.9. The van der Waals surface area contributed by atoms with Crippen molar-refractivity contribution in [3.05, 3.63) is 16.1 Å². The second kappa shape index (κ2) is 4.63. The molecule has 0 radical (unpaired) electrons. The van der Waals surface area contributed by atoms with E-state index in [9.17, 15) is 4.79 Å². The molecule has 3 atom stereocenters. The molecule has 98 valence electrons. The van der Waals surface area contributed by atoms with Gasteiger partial charge in [-0.05, 0) is 32.9 Å². The van der Waals surface area contributed by atoms with Gasteiger partial charge in [0.25, 0.3) is 0 Å². The fourth-order valence-corrected chi connectivity index (χ4v) is 3.89. The Hall–Kier alpha value is -0.940. The molecular weight excluding hydrogens is 248 g/mol. The van der Waals surface area contributed by atoms with Gasteiger partial charge in [-0.2, -0.15) is 0 Å². The van der Waals surface area contributed by atoms with Crippen molar-refractivity contribution in [3.63, 3.8) is 0 Å². The monoisotopic (exact) mass is 266 g/mol. The van der Waals surface area contributed by atoms with Crippen LogP contribution in [0.4, 0.5) is 0 Å². The fourth-order valence-electron chi connectivity index (χ4n) is 2.81. The predicted molar refractivity (Wildman–Crippen MR) is 70.1 cm³/mol. The summed E-state index contributed by atoms with van der Waals surface area (Å²) < 4.78 is 0. The first-order valence-corrected chi connectivity index (χ1v) is 7.40. The van der Waals surface area contributed by atoms with Gasteiger partial charge in [0.2, 0.25) is 0 Å². The van der Waals surface area contributed by atoms with Gasteiger partial charge in [-0.25, -0.2) is 4.98 Å². The van der Waals surface area contributed by atoms with Gasteiger partial charge in [-0.3, -0.25) is 4.79 Å². The predicted octanol–water partition coefficient (Wildman–Crippen LogP) is 2.14. The third-order valence-electron chi connectivity index (χ3n) is 4.01. The maximum Gasteiger partial charge on any atom is 0.307 e. The van der Waals surface area contributed by atoms with E-state index in [1.807, 2.05) is 0 Å². The van der Waals surface area contributed by atoms with Crippen LogP contribution in [0.5, 0.6) is 0 Å². The van der Waals surface area contributed by atoms with Gasteiger partial charge in [0.05, 0.1) is 16.6 Å². The molecule has 3 unspecified atom stereocenters. The molecule has 1 saturated carbocycles. The largest absolute Gasteiger partial charge is 0.481 e. The van der Waals surface area contributed by atoms with E-state index in [2.05, 4.69) is 17.3 Å². The van der Waals surface area contributed by atoms with Crippen molar-refractivity contribution in [2.75, 3.05) is 20.1 Å². The number of carboxylic acid groups (broad SMARTS) is 1. The highest BCUT2D eigenvalue weighted by Crippen LogP contribution is 2.49. The summed E-state index contributed by atoms with van der Waals surface area (Å²) in [6.45, 7) is 2.26. The van der Waals surface area contributed by atoms with E-state index in [1.54, 1.807) is 11.3 Å². The number of nitrogens with zero attached hydrogens (tertiary/aromatic N) is 2. The van der Waals surface area contributed by atoms with E-state index < -0.39 is 5.97 Å². The number of likely N-dealkylation sites (tertiary alicyclic amines) is 1. The molecule has 3 rings (SSSR count). The van der Waals surface area contributed by atoms with Crippen molar-refractivity contribution < 1.29 is 9.90 Å². The highest BCUT2D eigenvalue weighted by Gasteiger charge is 2.46. The Bertz CT molecular complexity index is 460. The van der Waals surface area contributed by atoms with Crippen molar-refractivity contribution in [1.29, 1.82) is 0 Å². The van der Waals surface area contributed by atoms with Gasteiger partial charge in [0.15, 0.2) is 0 Å². The molecule has 5 heteroatoms. The second-order valence-corrected chi connectivity index (χ2v) is 6.39. The van der Waals surface area contributed by atoms with E-state index in [4.69, 9.17) is 10.1 Å². The zero-order valence-corrected chi connectivity index (χ0v) is 11.3. The smallest absolute Gasteiger partial charge is 0.307 e. The number of likely N-dealkylation sites (N-methyl/N-ethyl adjacent to an activating group) is 1. The van der Waals surface area contributed by atoms with Crippen LogP contribution in [0.25, 0.3) is 0 Å². The second-order valence-electron chi connectivity index (χ2n) is 5.50. The van der Waals surface area contributed by atoms with E-state index >= 15 is 0 Å². The van der Waals surface area contributed by atoms with Gasteiger partial charge in [-0.15, -0.1) is 11.3 Å². The number of carboxylic acids is 1. The van der Waals surface area contributed by atoms with Crippen LogP contribution >= 0.6 is 11.3 Å². The standard InChI is InChI=1S/C13H18N2O2S/c1-15-4-2-3-8(6-15)11-7-18-12(14-11)9-5-10(9)13(16)17/h7-10H,2-6H2,1H3,(H,16,17). The molecule has 2 heterocycles. The van der Waals surface area contributed by atoms with Gasteiger partial charge in [0.1, 0.15) is 0 Å². The Morgan fingerprint density at radius 1 is 1.61 bits per heavy atom. The molecule has 1 aliphatic carbocycles. The topological polar surface area (TPSA) is 53.4 Å². The lowest BCUT2D eigenvalue weighted by Crippen LogP contribution is -2.30. The van der Waals surface area contributed by atoms with Crippen molar-refractivity contribution in [1.82, 2.24) is 9.88 Å². The normalized spacial score (nSPS) is 32.4. The average Bonchev–Trinajstić information content (AvgIpc) is 3.00. The number of rotatable bonds is 3. The maximum absolute atomic E-state index is 10.9. The summed E-state index contributed by atoms with van der Waals surface area (Å²) in [5.74, 6) is -0.134. The minimum Gasteiger partial charge on any atom is -0.481 e. The lowest BCUT2D eigenvalue weighted by atomic mass is 9.96. The molecule has 0 bridgehead atoms. The first-order valence-electron chi connectivity index (χ1n) is 6.52. The summed E-state index contributed by atoms with van der Waals surface area (Å²) in [4.78, 5) is 17.9. The van der Waals surface area contributed by atoms with Crippen molar-refractivity contribution >= 4 is 17.3 Å². The summed E-state index contributed by atoms with van der Waals surface area (Å²) >= 11 is 1.64. The SMILES string of the molecule is CN1CCCC(c2csc(C3CC3C(=O)O)n2)C1. The lowest BCUT2D eigenvalue weighted by Gasteiger charge is -2.28. The van der Waals surface area contributed by atoms with Crippen molar-refractivity contribution in [2.24, 2.45) is 5.92 Å². The van der Waals surface area contributed by atoms with E-state index in [-0.39, 0.29) is 11.8 Å². The first-order chi connectivity index (χ1) is 8.65. The highest BCUT2D eigenvalue weighted by atomic mass is 32.1. The van der Waals surface area contributed by atoms with Gasteiger partial charge < -0.3 is 10.0 Å². The third kappa shape index (κ3) is 2.29. The van der Waals surface area contributed by atoms with Crippen LogP contribution in [0.15, 0.2) is 5.38 Å². The van der Waals surface area contributed by atoms with Crippen LogP contribution in [0, 0.1) is 5.92 Å². The van der Waals surface area contributed by atoms with Crippen LogP contribution < -0.4 is 0 Å². The van der Waals surface area contributed by atoms with E-state index in [1.165, 1.54) is 25.1 Å². The number of aromatic nitrogens is 1. The average molecular weight is 266 g/mol. The molecule has 4 nitrogen and oxygen atoms in total. The van der Waals surface area contributed by atoms with Crippen molar-refractivity contribution in [3.8, 4) is 0 Å². The Labute approximate surface area is 111 Å². The molecular formula is C13H18N2O2S. The summed E-state index contributed by atoms with van der Waals surface area (Å²) in [7, 11) is 2.15. The van der Waals surface area contributed by atoms with Crippen LogP contribution in [-0.4, -0.2) is 41.1 Å². The Balaban J connectivity index is 1.68. The number of carbonyl (C=O) groups is 1. The van der Waals surface area contributed by atoms with Gasteiger partial charge >= 0.3 is 5.97 Å². The Morgan fingerprint density at radius 3 is 3.11 bits per heavy atom. The van der Waals surface area contributed by atoms with Crippen molar-refractivity contribution in [2.45, 2.75) is 31.1 Å². The molecule has 1 aromatic heterocycles. The minimum atomic E-state index is -0.672. The molecule has 2 fully saturated rings. The molecule has 0 spiro atoms. The number of hydrogen-bond acceptors (Lipinski definition) is 4. The number of aliphatic carboxylic acids is 1. The van der Waals surface area contributed by atoms with Crippen LogP contribution in [0.2, 0.25) is 0 Å². The van der Waals surface area contributed by atoms with E-state index in [0.717, 1.165) is 18.0 Å². The first kappa shape index (κ1) is 12.1. The Morgan fingerprint density at radius 2 is 2.44 bits per heavy atom. The fraction of sp³-hybridized carbons (Fsp3) is 0.692. The molecule has 0 aromatic carbocycles. The molecule has 1 aromatic rings. The van der Waals surface area contributed by atoms with Crippen LogP contribution in [-0.2, 0) is 4.79 Å². The minimum absolute atomic E-state index is 0.182. The van der Waals surface area contributed by atoms with Gasteiger partial charge in [-0.1, -0.05) is 0 Å². The molecule has 0 amide bonds. The zero-order chi connectivity index (χ0) is 12.7. The quantitative estimate of drug-likeness (QED) is 0.910. The molecule has 1 N–H and O–H groups in total. The summed E-state index contributed by atoms with van der Waals surface area (Å²) in [6.07, 6.45) is 3.21. The number of thiazole rings is 1. The highest BCUT2D eigenvalue weighted by molar-refractivity contribution is 7.09. The van der Waals surface area contributed by atoms with Gasteiger partial charge in [0, 0.05) is 23.8 Å². The summed E-state index contributed by atoms with van der Waals surface area (Å²) in [6, 6.07) is 0. The van der Waals surface area contributed by atoms with Crippen LogP contribution in [0.3, 0.4) is 0 Å². The Kier molecular flexibility index (Phi) is 3.11. The summed E-state index contributed by atoms with van der Waals surface area (Å²) in [5, 5.41) is 12.1. The molecule has 2 aliphatic rings. The zero-order valence-electron chi connectivity index (χ0n) is 10.5. The molecule has 1 saturated heterocycles. The summed E-state index contributed by atoms with van der Waals surface area (Å²) in [5.41, 5.74) is 1.18. The lowest BCUT2D eigenvalue weighted by molar-refractivity contribution is -0.138. The van der Waals surface area contributed by atoms with Crippen LogP contribution in [0.1, 0.15) is 41.8 Å². The number of hydrogen-bond donors (Lipinski definition) is 1. The van der Waals surface area contributed by atoms with E-state index in [0.29, 0.717) is 5.92 Å².